The van der Waals surface area contributed by atoms with Gasteiger partial charge in [-0.1, -0.05) is 17.7 Å². The van der Waals surface area contributed by atoms with Crippen LogP contribution in [0.25, 0.3) is 0 Å². The molecule has 0 aliphatic heterocycles. The second-order valence-corrected chi connectivity index (χ2v) is 4.08. The fourth-order valence-electron chi connectivity index (χ4n) is 1.59. The third kappa shape index (κ3) is 2.49. The third-order valence-corrected chi connectivity index (χ3v) is 2.78. The summed E-state index contributed by atoms with van der Waals surface area (Å²) in [5.41, 5.74) is 7.30. The predicted molar refractivity (Wildman–Crippen MR) is 72.1 cm³/mol. The summed E-state index contributed by atoms with van der Waals surface area (Å²) in [6.07, 6.45) is 0. The molecule has 18 heavy (non-hydrogen) atoms. The first-order valence-electron chi connectivity index (χ1n) is 5.26. The number of halogens is 2. The molecule has 0 fully saturated rings. The van der Waals surface area contributed by atoms with Crippen LogP contribution in [0, 0.1) is 5.82 Å². The fourth-order valence-corrected chi connectivity index (χ4v) is 1.81. The number of methoxy groups -OCH3 is 1. The van der Waals surface area contributed by atoms with Crippen molar-refractivity contribution in [3.63, 3.8) is 0 Å². The number of nitrogen functional groups attached to an aromatic ring is 1. The maximum Gasteiger partial charge on any atom is 0.142 e. The zero-order chi connectivity index (χ0) is 13.1. The van der Waals surface area contributed by atoms with Crippen LogP contribution in [0.15, 0.2) is 36.4 Å². The molecular formula is C13H12ClFN2O. The first kappa shape index (κ1) is 12.5. The lowest BCUT2D eigenvalue weighted by atomic mass is 10.2. The Morgan fingerprint density at radius 2 is 2.06 bits per heavy atom. The summed E-state index contributed by atoms with van der Waals surface area (Å²) in [7, 11) is 1.51. The Hall–Kier alpha value is -1.94. The Morgan fingerprint density at radius 3 is 2.72 bits per heavy atom. The largest absolute Gasteiger partial charge is 0.495 e. The summed E-state index contributed by atoms with van der Waals surface area (Å²) in [4.78, 5) is 0. The van der Waals surface area contributed by atoms with Crippen molar-refractivity contribution in [2.75, 3.05) is 18.2 Å². The van der Waals surface area contributed by atoms with E-state index in [9.17, 15) is 4.39 Å². The van der Waals surface area contributed by atoms with Crippen molar-refractivity contribution in [1.29, 1.82) is 0 Å². The molecule has 0 aliphatic carbocycles. The number of nitrogens with two attached hydrogens (primary N) is 1. The molecule has 94 valence electrons. The molecule has 3 nitrogen and oxygen atoms in total. The van der Waals surface area contributed by atoms with Crippen LogP contribution < -0.4 is 15.8 Å². The highest BCUT2D eigenvalue weighted by atomic mass is 35.5. The van der Waals surface area contributed by atoms with Gasteiger partial charge in [-0.2, -0.15) is 0 Å². The molecule has 0 saturated heterocycles. The number of para-hydroxylation sites is 1. The summed E-state index contributed by atoms with van der Waals surface area (Å²) < 4.78 is 18.4. The van der Waals surface area contributed by atoms with Gasteiger partial charge in [0, 0.05) is 6.07 Å². The number of nitrogens with one attached hydrogen (secondary N) is 1. The first-order valence-corrected chi connectivity index (χ1v) is 5.64. The molecule has 2 aromatic carbocycles. The lowest BCUT2D eigenvalue weighted by Gasteiger charge is -2.14. The van der Waals surface area contributed by atoms with Crippen molar-refractivity contribution in [2.24, 2.45) is 0 Å². The molecule has 0 aliphatic rings. The summed E-state index contributed by atoms with van der Waals surface area (Å²) in [5.74, 6) is 0.139. The van der Waals surface area contributed by atoms with E-state index < -0.39 is 0 Å². The Labute approximate surface area is 109 Å². The highest BCUT2D eigenvalue weighted by Crippen LogP contribution is 2.34. The first-order chi connectivity index (χ1) is 8.61. The van der Waals surface area contributed by atoms with Crippen LogP contribution in [0.1, 0.15) is 0 Å². The zero-order valence-corrected chi connectivity index (χ0v) is 10.5. The normalized spacial score (nSPS) is 10.2. The molecule has 3 N–H and O–H groups in total. The van der Waals surface area contributed by atoms with Crippen molar-refractivity contribution in [2.45, 2.75) is 0 Å². The Balaban J connectivity index is 2.42. The average Bonchev–Trinajstić information content (AvgIpc) is 2.34. The Morgan fingerprint density at radius 1 is 1.28 bits per heavy atom. The van der Waals surface area contributed by atoms with Gasteiger partial charge in [-0.25, -0.2) is 4.39 Å². The molecule has 2 aromatic rings. The molecule has 0 heterocycles. The van der Waals surface area contributed by atoms with Crippen molar-refractivity contribution in [3.8, 4) is 5.75 Å². The standard InChI is InChI=1S/C13H12ClFN2O/c1-18-12-6-5-8(15)7-11(12)17-13-9(14)3-2-4-10(13)16/h2-7,17H,16H2,1H3. The second kappa shape index (κ2) is 5.14. The van der Waals surface area contributed by atoms with Crippen molar-refractivity contribution < 1.29 is 9.13 Å². The van der Waals surface area contributed by atoms with Crippen molar-refractivity contribution in [3.05, 3.63) is 47.2 Å². The Bertz CT molecular complexity index is 555. The van der Waals surface area contributed by atoms with Crippen LogP contribution >= 0.6 is 11.6 Å². The topological polar surface area (TPSA) is 47.3 Å². The molecule has 2 rings (SSSR count). The molecule has 0 spiro atoms. The van der Waals surface area contributed by atoms with E-state index >= 15 is 0 Å². The number of rotatable bonds is 3. The van der Waals surface area contributed by atoms with Gasteiger partial charge >= 0.3 is 0 Å². The minimum Gasteiger partial charge on any atom is -0.495 e. The SMILES string of the molecule is COc1ccc(F)cc1Nc1c(N)cccc1Cl. The van der Waals surface area contributed by atoms with Gasteiger partial charge in [0.15, 0.2) is 0 Å². The van der Waals surface area contributed by atoms with Crippen molar-refractivity contribution in [1.82, 2.24) is 0 Å². The second-order valence-electron chi connectivity index (χ2n) is 3.67. The van der Waals surface area contributed by atoms with Crippen LogP contribution in [-0.4, -0.2) is 7.11 Å². The molecule has 0 unspecified atom stereocenters. The van der Waals surface area contributed by atoms with Gasteiger partial charge in [-0.05, 0) is 24.3 Å². The van der Waals surface area contributed by atoms with E-state index in [-0.39, 0.29) is 5.82 Å². The van der Waals surface area contributed by atoms with Gasteiger partial charge < -0.3 is 15.8 Å². The van der Waals surface area contributed by atoms with E-state index in [0.29, 0.717) is 27.8 Å². The van der Waals surface area contributed by atoms with Crippen molar-refractivity contribution >= 4 is 28.7 Å². The monoisotopic (exact) mass is 266 g/mol. The molecular weight excluding hydrogens is 255 g/mol. The summed E-state index contributed by atoms with van der Waals surface area (Å²) in [6, 6.07) is 9.32. The molecule has 0 bridgehead atoms. The molecule has 0 atom stereocenters. The lowest BCUT2D eigenvalue weighted by Crippen LogP contribution is -1.99. The molecule has 0 radical (unpaired) electrons. The summed E-state index contributed by atoms with van der Waals surface area (Å²) in [6.45, 7) is 0. The summed E-state index contributed by atoms with van der Waals surface area (Å²) >= 11 is 6.04. The highest BCUT2D eigenvalue weighted by Gasteiger charge is 2.09. The van der Waals surface area contributed by atoms with Gasteiger partial charge in [0.2, 0.25) is 0 Å². The van der Waals surface area contributed by atoms with E-state index in [1.54, 1.807) is 18.2 Å². The van der Waals surface area contributed by atoms with E-state index in [4.69, 9.17) is 22.1 Å². The number of benzene rings is 2. The van der Waals surface area contributed by atoms with Crippen LogP contribution in [0.2, 0.25) is 5.02 Å². The van der Waals surface area contributed by atoms with Crippen LogP contribution in [0.5, 0.6) is 5.75 Å². The number of anilines is 3. The third-order valence-electron chi connectivity index (χ3n) is 2.47. The van der Waals surface area contributed by atoms with E-state index in [2.05, 4.69) is 5.32 Å². The smallest absolute Gasteiger partial charge is 0.142 e. The van der Waals surface area contributed by atoms with Gasteiger partial charge in [-0.3, -0.25) is 0 Å². The lowest BCUT2D eigenvalue weighted by molar-refractivity contribution is 0.416. The highest BCUT2D eigenvalue weighted by molar-refractivity contribution is 6.34. The van der Waals surface area contributed by atoms with Gasteiger partial charge in [0.25, 0.3) is 0 Å². The number of hydrogen-bond donors (Lipinski definition) is 2. The maximum atomic E-state index is 13.2. The molecule has 0 amide bonds. The van der Waals surface area contributed by atoms with Gasteiger partial charge in [0.1, 0.15) is 11.6 Å². The van der Waals surface area contributed by atoms with Crippen LogP contribution in [-0.2, 0) is 0 Å². The van der Waals surface area contributed by atoms with Crippen LogP contribution in [0.3, 0.4) is 0 Å². The van der Waals surface area contributed by atoms with Gasteiger partial charge in [-0.15, -0.1) is 0 Å². The quantitative estimate of drug-likeness (QED) is 0.831. The average molecular weight is 267 g/mol. The molecule has 5 heteroatoms. The maximum absolute atomic E-state index is 13.2. The number of hydrogen-bond acceptors (Lipinski definition) is 3. The number of ether oxygens (including phenoxy) is 1. The van der Waals surface area contributed by atoms with Gasteiger partial charge in [0.05, 0.1) is 29.2 Å². The van der Waals surface area contributed by atoms with E-state index in [0.717, 1.165) is 0 Å². The minimum atomic E-state index is -0.371. The van der Waals surface area contributed by atoms with E-state index in [1.165, 1.54) is 25.3 Å². The van der Waals surface area contributed by atoms with Crippen LogP contribution in [0.4, 0.5) is 21.5 Å². The Kier molecular flexibility index (Phi) is 3.58. The molecule has 0 saturated carbocycles. The zero-order valence-electron chi connectivity index (χ0n) is 9.71. The minimum absolute atomic E-state index is 0.371. The van der Waals surface area contributed by atoms with E-state index in [1.807, 2.05) is 0 Å². The fraction of sp³-hybridized carbons (Fsp3) is 0.0769. The predicted octanol–water partition coefficient (Wildman–Crippen LogP) is 3.81. The molecule has 0 aromatic heterocycles. The summed E-state index contributed by atoms with van der Waals surface area (Å²) in [5, 5.41) is 3.44.